The molecule has 3 aromatic rings. The van der Waals surface area contributed by atoms with Gasteiger partial charge in [-0.2, -0.15) is 10.5 Å². The van der Waals surface area contributed by atoms with Crippen LogP contribution in [-0.4, -0.2) is 10.9 Å². The van der Waals surface area contributed by atoms with Gasteiger partial charge in [0, 0.05) is 22.8 Å². The van der Waals surface area contributed by atoms with Crippen LogP contribution in [0.2, 0.25) is 0 Å². The molecule has 0 radical (unpaired) electrons. The number of halogens is 2. The van der Waals surface area contributed by atoms with Gasteiger partial charge in [-0.15, -0.1) is 0 Å². The van der Waals surface area contributed by atoms with Gasteiger partial charge in [-0.25, -0.2) is 18.8 Å². The lowest BCUT2D eigenvalue weighted by atomic mass is 9.94. The highest BCUT2D eigenvalue weighted by Gasteiger charge is 2.31. The number of hydrogen-bond acceptors (Lipinski definition) is 9. The van der Waals surface area contributed by atoms with Crippen LogP contribution in [-0.2, 0) is 6.61 Å². The highest BCUT2D eigenvalue weighted by Crippen LogP contribution is 2.43. The summed E-state index contributed by atoms with van der Waals surface area (Å²) in [5.74, 6) is -0.874. The maximum absolute atomic E-state index is 14.1. The van der Waals surface area contributed by atoms with Crippen molar-refractivity contribution in [3.05, 3.63) is 76.4 Å². The van der Waals surface area contributed by atoms with Crippen LogP contribution in [0.5, 0.6) is 5.75 Å². The van der Waals surface area contributed by atoms with Gasteiger partial charge in [0.1, 0.15) is 53.3 Å². The summed E-state index contributed by atoms with van der Waals surface area (Å²) < 4.78 is 33.9. The fourth-order valence-electron chi connectivity index (χ4n) is 3.44. The Morgan fingerprint density at radius 1 is 1.15 bits per heavy atom. The molecule has 4 rings (SSSR count). The third kappa shape index (κ3) is 4.03. The van der Waals surface area contributed by atoms with Crippen LogP contribution < -0.4 is 26.8 Å². The number of hydrogen-bond donors (Lipinski definition) is 4. The van der Waals surface area contributed by atoms with E-state index in [2.05, 4.69) is 20.6 Å². The molecule has 0 saturated heterocycles. The van der Waals surface area contributed by atoms with E-state index >= 15 is 0 Å². The van der Waals surface area contributed by atoms with Crippen LogP contribution in [0.3, 0.4) is 0 Å². The minimum Gasteiger partial charge on any atom is -0.488 e. The molecule has 1 aliphatic rings. The van der Waals surface area contributed by atoms with E-state index in [1.807, 2.05) is 6.07 Å². The summed E-state index contributed by atoms with van der Waals surface area (Å²) >= 11 is 0. The number of anilines is 3. The number of nitrogens with two attached hydrogens (primary N) is 2. The number of nitrogens with one attached hydrogen (secondary N) is 2. The van der Waals surface area contributed by atoms with Crippen molar-refractivity contribution in [3.8, 4) is 18.0 Å². The normalized spacial score (nSPS) is 14.2. The molecular formula is C22H16F2N8O. The first-order valence-corrected chi connectivity index (χ1v) is 9.57. The van der Waals surface area contributed by atoms with Crippen molar-refractivity contribution in [1.82, 2.24) is 10.3 Å². The minimum atomic E-state index is -0.937. The lowest BCUT2D eigenvalue weighted by Gasteiger charge is -2.27. The molecule has 9 nitrogen and oxygen atoms in total. The van der Waals surface area contributed by atoms with Crippen molar-refractivity contribution in [2.45, 2.75) is 12.6 Å². The smallest absolute Gasteiger partial charge is 0.211 e. The Kier molecular flexibility index (Phi) is 5.62. The largest absolute Gasteiger partial charge is 0.488 e. The summed E-state index contributed by atoms with van der Waals surface area (Å²) in [7, 11) is 0. The van der Waals surface area contributed by atoms with E-state index in [0.29, 0.717) is 11.1 Å². The van der Waals surface area contributed by atoms with E-state index in [-0.39, 0.29) is 46.8 Å². The molecule has 0 fully saturated rings. The average molecular weight is 446 g/mol. The van der Waals surface area contributed by atoms with Gasteiger partial charge in [0.15, 0.2) is 6.19 Å². The SMILES string of the molecule is N#CNC1=NC(c2ccc(F)cc2OCc2ccccc2F)c2c(nc(N)c(C#N)c2N)N1. The van der Waals surface area contributed by atoms with Gasteiger partial charge in [-0.3, -0.25) is 5.32 Å². The molecule has 1 aromatic heterocycles. The topological polar surface area (TPSA) is 158 Å². The molecule has 0 saturated carbocycles. The zero-order valence-corrected chi connectivity index (χ0v) is 16.9. The van der Waals surface area contributed by atoms with Crippen molar-refractivity contribution in [1.29, 1.82) is 10.5 Å². The van der Waals surface area contributed by atoms with Crippen LogP contribution in [0.4, 0.5) is 26.1 Å². The Labute approximate surface area is 186 Å². The van der Waals surface area contributed by atoms with E-state index in [4.69, 9.17) is 21.5 Å². The molecule has 1 atom stereocenters. The third-order valence-corrected chi connectivity index (χ3v) is 4.97. The number of rotatable bonds is 4. The highest BCUT2D eigenvalue weighted by molar-refractivity contribution is 5.98. The maximum Gasteiger partial charge on any atom is 0.211 e. The predicted octanol–water partition coefficient (Wildman–Crippen LogP) is 2.92. The molecule has 2 heterocycles. The molecular weight excluding hydrogens is 430 g/mol. The molecule has 0 bridgehead atoms. The van der Waals surface area contributed by atoms with Crippen LogP contribution in [0.25, 0.3) is 0 Å². The lowest BCUT2D eigenvalue weighted by molar-refractivity contribution is 0.294. The number of aliphatic imine (C=N–C) groups is 1. The predicted molar refractivity (Wildman–Crippen MR) is 117 cm³/mol. The molecule has 2 aromatic carbocycles. The number of nitrogen functional groups attached to an aromatic ring is 2. The molecule has 6 N–H and O–H groups in total. The lowest BCUT2D eigenvalue weighted by Crippen LogP contribution is -2.33. The molecule has 0 aliphatic carbocycles. The van der Waals surface area contributed by atoms with Gasteiger partial charge >= 0.3 is 0 Å². The van der Waals surface area contributed by atoms with Gasteiger partial charge in [-0.05, 0) is 18.2 Å². The number of pyridine rings is 1. The Morgan fingerprint density at radius 3 is 2.67 bits per heavy atom. The quantitative estimate of drug-likeness (QED) is 0.352. The van der Waals surface area contributed by atoms with E-state index in [1.165, 1.54) is 18.2 Å². The molecule has 1 aliphatic heterocycles. The van der Waals surface area contributed by atoms with Crippen molar-refractivity contribution in [3.63, 3.8) is 0 Å². The minimum absolute atomic E-state index is 0.0293. The molecule has 0 amide bonds. The number of nitriles is 2. The monoisotopic (exact) mass is 446 g/mol. The molecule has 1 unspecified atom stereocenters. The second-order valence-corrected chi connectivity index (χ2v) is 6.96. The third-order valence-electron chi connectivity index (χ3n) is 4.97. The van der Waals surface area contributed by atoms with Gasteiger partial charge in [0.2, 0.25) is 5.96 Å². The molecule has 11 heteroatoms. The zero-order valence-electron chi connectivity index (χ0n) is 16.9. The van der Waals surface area contributed by atoms with Crippen LogP contribution in [0.1, 0.15) is 28.3 Å². The summed E-state index contributed by atoms with van der Waals surface area (Å²) in [6, 6.07) is 10.8. The van der Waals surface area contributed by atoms with E-state index in [1.54, 1.807) is 24.4 Å². The van der Waals surface area contributed by atoms with E-state index in [9.17, 15) is 14.0 Å². The van der Waals surface area contributed by atoms with Crippen LogP contribution >= 0.6 is 0 Å². The summed E-state index contributed by atoms with van der Waals surface area (Å²) in [6.07, 6.45) is 1.75. The Balaban J connectivity index is 1.84. The number of nitrogens with zero attached hydrogens (tertiary/aromatic N) is 4. The standard InChI is InChI=1S/C22H16F2N8O/c23-12-5-6-13(16(7-12)33-9-11-3-1-2-4-15(11)24)19-17-18(27)14(8-25)20(28)31-21(17)32-22(30-19)29-10-26/h1-7,19H,9H2,(H6,27,28,29,30,31,32). The number of ether oxygens (including phenoxy) is 1. The second kappa shape index (κ2) is 8.69. The first-order valence-electron chi connectivity index (χ1n) is 9.57. The number of fused-ring (bicyclic) bond motifs is 1. The highest BCUT2D eigenvalue weighted by atomic mass is 19.1. The molecule has 0 spiro atoms. The molecule has 164 valence electrons. The number of benzene rings is 2. The number of guanidine groups is 1. The fraction of sp³-hybridized carbons (Fsp3) is 0.0909. The van der Waals surface area contributed by atoms with Gasteiger partial charge in [-0.1, -0.05) is 18.2 Å². The zero-order chi connectivity index (χ0) is 23.5. The summed E-state index contributed by atoms with van der Waals surface area (Å²) in [6.45, 7) is -0.174. The van der Waals surface area contributed by atoms with E-state index in [0.717, 1.165) is 6.07 Å². The Morgan fingerprint density at radius 2 is 1.94 bits per heavy atom. The van der Waals surface area contributed by atoms with Crippen LogP contribution in [0.15, 0.2) is 47.5 Å². The summed E-state index contributed by atoms with van der Waals surface area (Å²) in [5.41, 5.74) is 13.0. The van der Waals surface area contributed by atoms with Crippen molar-refractivity contribution in [2.24, 2.45) is 4.99 Å². The van der Waals surface area contributed by atoms with Crippen molar-refractivity contribution < 1.29 is 13.5 Å². The summed E-state index contributed by atoms with van der Waals surface area (Å²) in [5, 5.41) is 23.7. The fourth-order valence-corrected chi connectivity index (χ4v) is 3.44. The average Bonchev–Trinajstić information content (AvgIpc) is 2.78. The summed E-state index contributed by atoms with van der Waals surface area (Å²) in [4.78, 5) is 8.61. The van der Waals surface area contributed by atoms with E-state index < -0.39 is 17.7 Å². The first-order chi connectivity index (χ1) is 15.9. The second-order valence-electron chi connectivity index (χ2n) is 6.96. The molecule has 33 heavy (non-hydrogen) atoms. The van der Waals surface area contributed by atoms with Gasteiger partial charge in [0.25, 0.3) is 0 Å². The number of aromatic nitrogens is 1. The maximum atomic E-state index is 14.1. The Bertz CT molecular complexity index is 1360. The van der Waals surface area contributed by atoms with Crippen molar-refractivity contribution in [2.75, 3.05) is 16.8 Å². The first kappa shape index (κ1) is 21.3. The van der Waals surface area contributed by atoms with Crippen LogP contribution in [0, 0.1) is 34.4 Å². The van der Waals surface area contributed by atoms with Gasteiger partial charge in [0.05, 0.1) is 5.69 Å². The van der Waals surface area contributed by atoms with Crippen molar-refractivity contribution >= 4 is 23.3 Å². The Hall–Kier alpha value is -4.90. The van der Waals surface area contributed by atoms with Gasteiger partial charge < -0.3 is 21.5 Å².